The van der Waals surface area contributed by atoms with Crippen molar-refractivity contribution in [3.8, 4) is 11.3 Å². The Morgan fingerprint density at radius 3 is 2.63 bits per heavy atom. The van der Waals surface area contributed by atoms with Crippen LogP contribution in [0.5, 0.6) is 0 Å². The summed E-state index contributed by atoms with van der Waals surface area (Å²) in [6, 6.07) is 3.83. The number of H-pyrrole nitrogens is 1. The van der Waals surface area contributed by atoms with E-state index in [9.17, 15) is 8.78 Å². The molecule has 2 heterocycles. The van der Waals surface area contributed by atoms with Crippen LogP contribution in [0.15, 0.2) is 24.4 Å². The summed E-state index contributed by atoms with van der Waals surface area (Å²) < 4.78 is 26.1. The number of nitrogens with one attached hydrogen (secondary N) is 2. The molecule has 2 aromatic rings. The molecule has 1 aromatic carbocycles. The molecule has 1 saturated heterocycles. The minimum absolute atomic E-state index is 0.591. The highest BCUT2D eigenvalue weighted by atomic mass is 19.2. The fourth-order valence-corrected chi connectivity index (χ4v) is 2.16. The van der Waals surface area contributed by atoms with Crippen LogP contribution in [0.1, 0.15) is 0 Å². The van der Waals surface area contributed by atoms with Crippen molar-refractivity contribution in [2.45, 2.75) is 0 Å². The van der Waals surface area contributed by atoms with Crippen LogP contribution in [-0.2, 0) is 0 Å². The third-order valence-corrected chi connectivity index (χ3v) is 3.21. The molecular weight excluding hydrogens is 250 g/mol. The van der Waals surface area contributed by atoms with E-state index < -0.39 is 11.6 Å². The van der Waals surface area contributed by atoms with E-state index >= 15 is 0 Å². The number of halogens is 2. The van der Waals surface area contributed by atoms with Gasteiger partial charge in [0.2, 0.25) is 5.95 Å². The first-order valence-electron chi connectivity index (χ1n) is 6.20. The first-order valence-corrected chi connectivity index (χ1v) is 6.20. The lowest BCUT2D eigenvalue weighted by atomic mass is 10.1. The van der Waals surface area contributed by atoms with Gasteiger partial charge in [-0.1, -0.05) is 0 Å². The number of imidazole rings is 1. The number of aromatic nitrogens is 2. The molecule has 0 bridgehead atoms. The second-order valence-electron chi connectivity index (χ2n) is 4.49. The standard InChI is InChI=1S/C13H14F2N4/c14-10-2-1-9(7-11(10)15)12-8-17-13(18-12)19-5-3-16-4-6-19/h1-2,7-8,16H,3-6H2,(H,17,18). The average Bonchev–Trinajstić information content (AvgIpc) is 2.93. The minimum Gasteiger partial charge on any atom is -0.340 e. The third-order valence-electron chi connectivity index (χ3n) is 3.21. The zero-order chi connectivity index (χ0) is 13.2. The number of rotatable bonds is 2. The minimum atomic E-state index is -0.851. The summed E-state index contributed by atoms with van der Waals surface area (Å²) >= 11 is 0. The van der Waals surface area contributed by atoms with Gasteiger partial charge in [-0.3, -0.25) is 0 Å². The lowest BCUT2D eigenvalue weighted by Gasteiger charge is -2.26. The van der Waals surface area contributed by atoms with Gasteiger partial charge in [-0.15, -0.1) is 0 Å². The van der Waals surface area contributed by atoms with Gasteiger partial charge in [-0.25, -0.2) is 13.8 Å². The number of benzene rings is 1. The zero-order valence-electron chi connectivity index (χ0n) is 10.3. The van der Waals surface area contributed by atoms with Gasteiger partial charge in [-0.2, -0.15) is 0 Å². The Kier molecular flexibility index (Phi) is 3.16. The molecule has 0 atom stereocenters. The average molecular weight is 264 g/mol. The molecule has 1 fully saturated rings. The van der Waals surface area contributed by atoms with Crippen LogP contribution in [0.25, 0.3) is 11.3 Å². The van der Waals surface area contributed by atoms with Crippen LogP contribution in [0.2, 0.25) is 0 Å². The summed E-state index contributed by atoms with van der Waals surface area (Å²) in [5, 5.41) is 3.26. The number of anilines is 1. The number of piperazine rings is 1. The molecule has 1 aromatic heterocycles. The highest BCUT2D eigenvalue weighted by molar-refractivity contribution is 5.60. The fourth-order valence-electron chi connectivity index (χ4n) is 2.16. The number of aromatic amines is 1. The molecule has 1 aliphatic rings. The monoisotopic (exact) mass is 264 g/mol. The van der Waals surface area contributed by atoms with Gasteiger partial charge < -0.3 is 15.2 Å². The van der Waals surface area contributed by atoms with Crippen LogP contribution >= 0.6 is 0 Å². The maximum absolute atomic E-state index is 13.2. The molecule has 4 nitrogen and oxygen atoms in total. The Morgan fingerprint density at radius 1 is 1.11 bits per heavy atom. The Balaban J connectivity index is 1.85. The van der Waals surface area contributed by atoms with Gasteiger partial charge in [-0.05, 0) is 18.2 Å². The van der Waals surface area contributed by atoms with E-state index in [1.54, 1.807) is 6.20 Å². The summed E-state index contributed by atoms with van der Waals surface area (Å²) in [6.45, 7) is 3.60. The smallest absolute Gasteiger partial charge is 0.203 e. The fraction of sp³-hybridized carbons (Fsp3) is 0.308. The van der Waals surface area contributed by atoms with Gasteiger partial charge in [0, 0.05) is 31.7 Å². The third kappa shape index (κ3) is 2.44. The van der Waals surface area contributed by atoms with Crippen molar-refractivity contribution in [2.24, 2.45) is 0 Å². The zero-order valence-corrected chi connectivity index (χ0v) is 10.3. The second kappa shape index (κ2) is 4.97. The molecule has 3 rings (SSSR count). The summed E-state index contributed by atoms with van der Waals surface area (Å²) in [7, 11) is 0. The maximum Gasteiger partial charge on any atom is 0.203 e. The van der Waals surface area contributed by atoms with E-state index in [0.717, 1.165) is 38.2 Å². The van der Waals surface area contributed by atoms with Crippen LogP contribution in [0.3, 0.4) is 0 Å². The molecule has 2 N–H and O–H groups in total. The molecule has 0 unspecified atom stereocenters. The van der Waals surface area contributed by atoms with E-state index in [-0.39, 0.29) is 0 Å². The highest BCUT2D eigenvalue weighted by Gasteiger charge is 2.14. The molecule has 0 radical (unpaired) electrons. The van der Waals surface area contributed by atoms with Crippen molar-refractivity contribution in [2.75, 3.05) is 31.1 Å². The van der Waals surface area contributed by atoms with Crippen molar-refractivity contribution in [3.63, 3.8) is 0 Å². The SMILES string of the molecule is Fc1ccc(-c2cnc(N3CCNCC3)[nH]2)cc1F. The van der Waals surface area contributed by atoms with Crippen molar-refractivity contribution >= 4 is 5.95 Å². The van der Waals surface area contributed by atoms with Crippen LogP contribution in [-0.4, -0.2) is 36.1 Å². The Morgan fingerprint density at radius 2 is 1.89 bits per heavy atom. The lowest BCUT2D eigenvalue weighted by molar-refractivity contribution is 0.509. The molecule has 1 aliphatic heterocycles. The van der Waals surface area contributed by atoms with E-state index in [1.165, 1.54) is 12.1 Å². The predicted octanol–water partition coefficient (Wildman–Crippen LogP) is 1.76. The molecule has 0 aliphatic carbocycles. The van der Waals surface area contributed by atoms with Crippen molar-refractivity contribution in [1.82, 2.24) is 15.3 Å². The van der Waals surface area contributed by atoms with E-state index in [2.05, 4.69) is 20.2 Å². The Bertz CT molecular complexity index is 576. The molecule has 0 spiro atoms. The molecule has 100 valence electrons. The van der Waals surface area contributed by atoms with Crippen LogP contribution in [0, 0.1) is 11.6 Å². The summed E-state index contributed by atoms with van der Waals surface area (Å²) in [6.07, 6.45) is 1.64. The molecular formula is C13H14F2N4. The van der Waals surface area contributed by atoms with Crippen LogP contribution in [0.4, 0.5) is 14.7 Å². The second-order valence-corrected chi connectivity index (χ2v) is 4.49. The summed E-state index contributed by atoms with van der Waals surface area (Å²) in [5.41, 5.74) is 1.28. The normalized spacial score (nSPS) is 15.8. The molecule has 19 heavy (non-hydrogen) atoms. The van der Waals surface area contributed by atoms with Crippen molar-refractivity contribution in [3.05, 3.63) is 36.0 Å². The topological polar surface area (TPSA) is 44.0 Å². The van der Waals surface area contributed by atoms with Gasteiger partial charge in [0.15, 0.2) is 11.6 Å². The predicted molar refractivity (Wildman–Crippen MR) is 69.0 cm³/mol. The quantitative estimate of drug-likeness (QED) is 0.868. The number of hydrogen-bond donors (Lipinski definition) is 2. The van der Waals surface area contributed by atoms with E-state index in [4.69, 9.17) is 0 Å². The first kappa shape index (κ1) is 12.1. The van der Waals surface area contributed by atoms with Crippen molar-refractivity contribution in [1.29, 1.82) is 0 Å². The van der Waals surface area contributed by atoms with Gasteiger partial charge >= 0.3 is 0 Å². The van der Waals surface area contributed by atoms with Crippen molar-refractivity contribution < 1.29 is 8.78 Å². The molecule has 6 heteroatoms. The Labute approximate surface area is 109 Å². The van der Waals surface area contributed by atoms with Crippen LogP contribution < -0.4 is 10.2 Å². The first-order chi connectivity index (χ1) is 9.24. The van der Waals surface area contributed by atoms with Gasteiger partial charge in [0.25, 0.3) is 0 Å². The summed E-state index contributed by atoms with van der Waals surface area (Å²) in [4.78, 5) is 9.56. The van der Waals surface area contributed by atoms with E-state index in [0.29, 0.717) is 11.3 Å². The number of nitrogens with zero attached hydrogens (tertiary/aromatic N) is 2. The molecule has 0 amide bonds. The lowest BCUT2D eigenvalue weighted by Crippen LogP contribution is -2.44. The van der Waals surface area contributed by atoms with Gasteiger partial charge in [0.05, 0.1) is 11.9 Å². The molecule has 0 saturated carbocycles. The Hall–Kier alpha value is -1.95. The largest absolute Gasteiger partial charge is 0.340 e. The maximum atomic E-state index is 13.2. The number of hydrogen-bond acceptors (Lipinski definition) is 3. The van der Waals surface area contributed by atoms with E-state index in [1.807, 2.05) is 0 Å². The summed E-state index contributed by atoms with van der Waals surface area (Å²) in [5.74, 6) is -0.928. The van der Waals surface area contributed by atoms with Gasteiger partial charge in [0.1, 0.15) is 0 Å². The highest BCUT2D eigenvalue weighted by Crippen LogP contribution is 2.22.